The second-order valence-corrected chi connectivity index (χ2v) is 9.14. The third-order valence-corrected chi connectivity index (χ3v) is 7.19. The minimum Gasteiger partial charge on any atom is -0.497 e. The fraction of sp³-hybridized carbons (Fsp3) is 0.222. The normalized spacial score (nSPS) is 11.0. The number of aromatic nitrogens is 4. The fourth-order valence-corrected chi connectivity index (χ4v) is 5.28. The third-order valence-electron chi connectivity index (χ3n) is 6.06. The minimum atomic E-state index is 0.519. The van der Waals surface area contributed by atoms with Crippen LogP contribution in [0.5, 0.6) is 28.7 Å². The van der Waals surface area contributed by atoms with Gasteiger partial charge in [-0.2, -0.15) is 0 Å². The van der Waals surface area contributed by atoms with Crippen molar-refractivity contribution in [2.45, 2.75) is 6.92 Å². The summed E-state index contributed by atoms with van der Waals surface area (Å²) in [4.78, 5) is 4.84. The monoisotopic (exact) mass is 518 g/mol. The molecule has 0 aliphatic rings. The van der Waals surface area contributed by atoms with Crippen molar-refractivity contribution in [2.24, 2.45) is 0 Å². The molecule has 0 aliphatic heterocycles. The first-order valence-corrected chi connectivity index (χ1v) is 12.2. The topological polar surface area (TPSA) is 89.8 Å². The van der Waals surface area contributed by atoms with E-state index in [1.807, 2.05) is 41.0 Å². The first kappa shape index (κ1) is 24.4. The number of hydrogen-bond acceptors (Lipinski definition) is 9. The standard InChI is InChI=1S/C27H26N4O5S/c1-15-9-16(27-29-19-12-18(32-2)13-23(35-5)25(19)37-27)7-8-20(15)31-14-28-30-26(31)17-10-21(33-3)24(36-6)22(11-17)34-4/h7-14H,1-6H3. The van der Waals surface area contributed by atoms with E-state index in [0.717, 1.165) is 43.4 Å². The van der Waals surface area contributed by atoms with Gasteiger partial charge in [0.2, 0.25) is 5.75 Å². The predicted octanol–water partition coefficient (Wildman–Crippen LogP) is 5.56. The maximum Gasteiger partial charge on any atom is 0.203 e. The Hall–Kier alpha value is -4.31. The van der Waals surface area contributed by atoms with Crippen LogP contribution in [-0.2, 0) is 0 Å². The molecular formula is C27H26N4O5S. The molecule has 0 N–H and O–H groups in total. The number of thiazole rings is 1. The van der Waals surface area contributed by atoms with Crippen LogP contribution >= 0.6 is 11.3 Å². The molecule has 3 aromatic carbocycles. The van der Waals surface area contributed by atoms with Crippen LogP contribution < -0.4 is 23.7 Å². The lowest BCUT2D eigenvalue weighted by molar-refractivity contribution is 0.324. The molecule has 0 spiro atoms. The molecule has 2 aromatic heterocycles. The van der Waals surface area contributed by atoms with Gasteiger partial charge in [0.1, 0.15) is 22.8 Å². The van der Waals surface area contributed by atoms with E-state index in [9.17, 15) is 0 Å². The van der Waals surface area contributed by atoms with Gasteiger partial charge in [0.05, 0.1) is 51.5 Å². The molecule has 0 aliphatic carbocycles. The smallest absolute Gasteiger partial charge is 0.203 e. The van der Waals surface area contributed by atoms with E-state index < -0.39 is 0 Å². The van der Waals surface area contributed by atoms with E-state index in [0.29, 0.717) is 28.8 Å². The molecule has 37 heavy (non-hydrogen) atoms. The largest absolute Gasteiger partial charge is 0.497 e. The number of hydrogen-bond donors (Lipinski definition) is 0. The lowest BCUT2D eigenvalue weighted by atomic mass is 10.1. The van der Waals surface area contributed by atoms with Crippen LogP contribution in [0.3, 0.4) is 0 Å². The average Bonchev–Trinajstić information content (AvgIpc) is 3.59. The molecule has 0 radical (unpaired) electrons. The molecule has 0 amide bonds. The van der Waals surface area contributed by atoms with Gasteiger partial charge in [-0.25, -0.2) is 4.98 Å². The minimum absolute atomic E-state index is 0.519. The number of fused-ring (bicyclic) bond motifs is 1. The fourth-order valence-electron chi connectivity index (χ4n) is 4.25. The number of benzene rings is 3. The van der Waals surface area contributed by atoms with Crippen LogP contribution in [0.2, 0.25) is 0 Å². The number of nitrogens with zero attached hydrogens (tertiary/aromatic N) is 4. The van der Waals surface area contributed by atoms with E-state index in [-0.39, 0.29) is 0 Å². The number of methoxy groups -OCH3 is 5. The summed E-state index contributed by atoms with van der Waals surface area (Å²) in [5, 5.41) is 9.45. The Labute approximate surface area is 218 Å². The maximum absolute atomic E-state index is 5.56. The van der Waals surface area contributed by atoms with Gasteiger partial charge >= 0.3 is 0 Å². The summed E-state index contributed by atoms with van der Waals surface area (Å²) in [7, 11) is 8.03. The van der Waals surface area contributed by atoms with Crippen LogP contribution in [0.4, 0.5) is 0 Å². The maximum atomic E-state index is 5.56. The molecule has 5 rings (SSSR count). The Kier molecular flexibility index (Phi) is 6.58. The predicted molar refractivity (Wildman–Crippen MR) is 143 cm³/mol. The number of aryl methyl sites for hydroxylation is 1. The number of ether oxygens (including phenoxy) is 5. The van der Waals surface area contributed by atoms with Crippen LogP contribution in [0, 0.1) is 6.92 Å². The van der Waals surface area contributed by atoms with Crippen molar-refractivity contribution in [1.82, 2.24) is 19.7 Å². The molecular weight excluding hydrogens is 492 g/mol. The van der Waals surface area contributed by atoms with Crippen molar-refractivity contribution in [1.29, 1.82) is 0 Å². The van der Waals surface area contributed by atoms with Gasteiger partial charge in [-0.3, -0.25) is 4.57 Å². The second-order valence-electron chi connectivity index (χ2n) is 8.14. The summed E-state index contributed by atoms with van der Waals surface area (Å²) < 4.78 is 30.4. The highest BCUT2D eigenvalue weighted by atomic mass is 32.1. The van der Waals surface area contributed by atoms with Gasteiger partial charge < -0.3 is 23.7 Å². The van der Waals surface area contributed by atoms with E-state index in [1.54, 1.807) is 53.2 Å². The van der Waals surface area contributed by atoms with Crippen molar-refractivity contribution < 1.29 is 23.7 Å². The van der Waals surface area contributed by atoms with Crippen LogP contribution in [0.1, 0.15) is 5.56 Å². The molecule has 2 heterocycles. The molecule has 10 heteroatoms. The molecule has 0 atom stereocenters. The van der Waals surface area contributed by atoms with E-state index >= 15 is 0 Å². The van der Waals surface area contributed by atoms with Crippen molar-refractivity contribution in [2.75, 3.05) is 35.5 Å². The molecule has 0 unspecified atom stereocenters. The lowest BCUT2D eigenvalue weighted by Crippen LogP contribution is -2.01. The highest BCUT2D eigenvalue weighted by molar-refractivity contribution is 7.22. The Morgan fingerprint density at radius 2 is 1.49 bits per heavy atom. The zero-order valence-electron chi connectivity index (χ0n) is 21.4. The van der Waals surface area contributed by atoms with E-state index in [4.69, 9.17) is 28.7 Å². The van der Waals surface area contributed by atoms with Crippen molar-refractivity contribution in [3.8, 4) is 56.4 Å². The van der Waals surface area contributed by atoms with Crippen molar-refractivity contribution >= 4 is 21.6 Å². The summed E-state index contributed by atoms with van der Waals surface area (Å²) >= 11 is 1.58. The number of rotatable bonds is 8. The summed E-state index contributed by atoms with van der Waals surface area (Å²) in [6, 6.07) is 13.7. The molecule has 0 saturated carbocycles. The molecule has 0 saturated heterocycles. The SMILES string of the molecule is COc1cc(OC)c2sc(-c3ccc(-n4cnnc4-c4cc(OC)c(OC)c(OC)c4)c(C)c3)nc2c1. The molecule has 9 nitrogen and oxygen atoms in total. The van der Waals surface area contributed by atoms with Crippen molar-refractivity contribution in [3.63, 3.8) is 0 Å². The van der Waals surface area contributed by atoms with Gasteiger partial charge in [-0.05, 0) is 42.8 Å². The molecule has 190 valence electrons. The van der Waals surface area contributed by atoms with Gasteiger partial charge in [-0.15, -0.1) is 21.5 Å². The second kappa shape index (κ2) is 9.98. The van der Waals surface area contributed by atoms with Gasteiger partial charge in [0.25, 0.3) is 0 Å². The van der Waals surface area contributed by atoms with E-state index in [1.165, 1.54) is 0 Å². The summed E-state index contributed by atoms with van der Waals surface area (Å²) in [5.41, 5.74) is 4.60. The Morgan fingerprint density at radius 3 is 2.11 bits per heavy atom. The van der Waals surface area contributed by atoms with Crippen LogP contribution in [-0.4, -0.2) is 55.3 Å². The highest BCUT2D eigenvalue weighted by Crippen LogP contribution is 2.42. The lowest BCUT2D eigenvalue weighted by Gasteiger charge is -2.15. The summed E-state index contributed by atoms with van der Waals surface area (Å²) in [6.45, 7) is 2.05. The first-order chi connectivity index (χ1) is 18.0. The van der Waals surface area contributed by atoms with Gasteiger partial charge in [0.15, 0.2) is 17.3 Å². The quantitative estimate of drug-likeness (QED) is 0.264. The molecule has 0 fully saturated rings. The Morgan fingerprint density at radius 1 is 0.757 bits per heavy atom. The first-order valence-electron chi connectivity index (χ1n) is 11.4. The summed E-state index contributed by atoms with van der Waals surface area (Å²) in [6.07, 6.45) is 1.69. The Balaban J connectivity index is 1.56. The zero-order chi connectivity index (χ0) is 26.1. The van der Waals surface area contributed by atoms with Crippen LogP contribution in [0.15, 0.2) is 48.8 Å². The van der Waals surface area contributed by atoms with Gasteiger partial charge in [-0.1, -0.05) is 0 Å². The third kappa shape index (κ3) is 4.29. The molecule has 0 bridgehead atoms. The van der Waals surface area contributed by atoms with Crippen LogP contribution in [0.25, 0.3) is 37.9 Å². The average molecular weight is 519 g/mol. The Bertz CT molecular complexity index is 1570. The molecule has 5 aromatic rings. The van der Waals surface area contributed by atoms with Gasteiger partial charge in [0, 0.05) is 23.3 Å². The summed E-state index contributed by atoms with van der Waals surface area (Å²) in [5.74, 6) is 3.70. The highest BCUT2D eigenvalue weighted by Gasteiger charge is 2.19. The zero-order valence-corrected chi connectivity index (χ0v) is 22.2. The van der Waals surface area contributed by atoms with E-state index in [2.05, 4.69) is 23.2 Å². The van der Waals surface area contributed by atoms with Crippen molar-refractivity contribution in [3.05, 3.63) is 54.4 Å².